The number of rotatable bonds is 8. The summed E-state index contributed by atoms with van der Waals surface area (Å²) < 4.78 is 5.45. The number of hydrogen-bond donors (Lipinski definition) is 1. The summed E-state index contributed by atoms with van der Waals surface area (Å²) in [4.78, 5) is 26.8. The molecule has 1 saturated carbocycles. The fourth-order valence-corrected chi connectivity index (χ4v) is 6.72. The van der Waals surface area contributed by atoms with Crippen LogP contribution in [-0.2, 0) is 22.4 Å². The lowest BCUT2D eigenvalue weighted by Gasteiger charge is -2.25. The summed E-state index contributed by atoms with van der Waals surface area (Å²) in [5.74, 6) is 8.45. The fraction of sp³-hybridized carbons (Fsp3) is 0.568. The summed E-state index contributed by atoms with van der Waals surface area (Å²) in [6.07, 6.45) is 10.2. The Kier molecular flexibility index (Phi) is 11.1. The molecule has 2 aliphatic rings. The quantitative estimate of drug-likeness (QED) is 0.263. The summed E-state index contributed by atoms with van der Waals surface area (Å²) in [7, 11) is 1.54. The molecule has 0 amide bonds. The second-order valence-corrected chi connectivity index (χ2v) is 12.6. The van der Waals surface area contributed by atoms with E-state index in [-0.39, 0.29) is 41.5 Å². The molecule has 220 valence electrons. The molecule has 0 bridgehead atoms. The molecule has 0 unspecified atom stereocenters. The Bertz CT molecular complexity index is 1260. The van der Waals surface area contributed by atoms with Crippen molar-refractivity contribution in [1.82, 2.24) is 0 Å². The number of aryl methyl sites for hydroxylation is 2. The predicted octanol–water partition coefficient (Wildman–Crippen LogP) is 8.21. The van der Waals surface area contributed by atoms with E-state index in [9.17, 15) is 14.7 Å². The summed E-state index contributed by atoms with van der Waals surface area (Å²) in [5, 5.41) is 10.9. The molecular formula is C37H48O4. The van der Waals surface area contributed by atoms with Gasteiger partial charge in [0.1, 0.15) is 11.6 Å². The van der Waals surface area contributed by atoms with E-state index in [1.165, 1.54) is 12.0 Å². The third-order valence-corrected chi connectivity index (χ3v) is 9.15. The fourth-order valence-electron chi connectivity index (χ4n) is 6.72. The van der Waals surface area contributed by atoms with Crippen LogP contribution in [0.2, 0.25) is 0 Å². The van der Waals surface area contributed by atoms with Gasteiger partial charge in [-0.25, -0.2) is 0 Å². The lowest BCUT2D eigenvalue weighted by Crippen LogP contribution is -2.26. The van der Waals surface area contributed by atoms with Crippen molar-refractivity contribution in [1.29, 1.82) is 0 Å². The topological polar surface area (TPSA) is 63.6 Å². The molecule has 0 aromatic heterocycles. The number of hydrogen-bond acceptors (Lipinski definition) is 4. The third-order valence-electron chi connectivity index (χ3n) is 9.15. The van der Waals surface area contributed by atoms with E-state index in [1.807, 2.05) is 6.07 Å². The number of aromatic hydroxyl groups is 1. The van der Waals surface area contributed by atoms with Gasteiger partial charge in [0.15, 0.2) is 11.5 Å². The third kappa shape index (κ3) is 8.03. The van der Waals surface area contributed by atoms with E-state index in [2.05, 4.69) is 56.9 Å². The van der Waals surface area contributed by atoms with Crippen LogP contribution in [0.5, 0.6) is 11.5 Å². The largest absolute Gasteiger partial charge is 0.504 e. The molecule has 2 aromatic rings. The van der Waals surface area contributed by atoms with Gasteiger partial charge in [0.2, 0.25) is 0 Å². The minimum atomic E-state index is -0.269. The van der Waals surface area contributed by atoms with E-state index in [4.69, 9.17) is 4.74 Å². The second kappa shape index (κ2) is 14.7. The standard InChI is InChI=1S/C37H48O4/c1-5-6-10-26-11-9-13-28-18-20-32(31-14-8-7-12-27(31)16-15-25(2)3)33-24-36(40)37(41-4)22-29(33)17-19-30(38)23-35(39)34(28)21-26/h7-8,12,14,22,24-26,28,32,34,40H,5-6,9-11,13,15-17,19,21,23H2,1-4H3/t26-,28+,32+,34+/m1/s1. The molecule has 0 aliphatic heterocycles. The number of ketones is 2. The van der Waals surface area contributed by atoms with Crippen LogP contribution < -0.4 is 4.74 Å². The van der Waals surface area contributed by atoms with E-state index >= 15 is 0 Å². The maximum atomic E-state index is 13.7. The zero-order chi connectivity index (χ0) is 29.4. The molecule has 4 nitrogen and oxygen atoms in total. The van der Waals surface area contributed by atoms with Crippen molar-refractivity contribution in [3.63, 3.8) is 0 Å². The van der Waals surface area contributed by atoms with Crippen LogP contribution in [0.3, 0.4) is 0 Å². The number of carbonyl (C=O) groups is 2. The van der Waals surface area contributed by atoms with Gasteiger partial charge in [0.25, 0.3) is 0 Å². The monoisotopic (exact) mass is 556 g/mol. The number of fused-ring (bicyclic) bond motifs is 2. The first kappa shape index (κ1) is 30.9. The van der Waals surface area contributed by atoms with E-state index in [0.29, 0.717) is 30.4 Å². The van der Waals surface area contributed by atoms with Crippen molar-refractivity contribution in [3.8, 4) is 23.3 Å². The molecule has 4 rings (SSSR count). The van der Waals surface area contributed by atoms with E-state index in [0.717, 1.165) is 68.1 Å². The smallest absolute Gasteiger partial charge is 0.160 e. The maximum Gasteiger partial charge on any atom is 0.160 e. The number of methoxy groups -OCH3 is 1. The van der Waals surface area contributed by atoms with Crippen LogP contribution in [0.25, 0.3) is 0 Å². The number of Topliss-reactive ketones (excluding diaryl/α,β-unsaturated/α-hetero) is 2. The van der Waals surface area contributed by atoms with Crippen LogP contribution in [0.4, 0.5) is 0 Å². The Balaban J connectivity index is 1.86. The van der Waals surface area contributed by atoms with Gasteiger partial charge in [-0.2, -0.15) is 0 Å². The van der Waals surface area contributed by atoms with Gasteiger partial charge in [0, 0.05) is 18.3 Å². The molecule has 4 atom stereocenters. The van der Waals surface area contributed by atoms with Crippen LogP contribution in [-0.4, -0.2) is 23.8 Å². The highest BCUT2D eigenvalue weighted by Crippen LogP contribution is 2.40. The van der Waals surface area contributed by atoms with Crippen molar-refractivity contribution >= 4 is 11.6 Å². The SMILES string of the molecule is CCCC[C@@H]1CCC[C@H]2C#C[C@@H](c3ccccc3CCC(C)C)c3cc(O)c(OC)cc3CCC(=O)CC(=O)[C@H]2C1. The van der Waals surface area contributed by atoms with E-state index in [1.54, 1.807) is 13.2 Å². The van der Waals surface area contributed by atoms with Gasteiger partial charge >= 0.3 is 0 Å². The number of unbranched alkanes of at least 4 members (excludes halogenated alkanes) is 1. The highest BCUT2D eigenvalue weighted by atomic mass is 16.5. The van der Waals surface area contributed by atoms with E-state index < -0.39 is 0 Å². The van der Waals surface area contributed by atoms with Gasteiger partial charge in [-0.15, -0.1) is 0 Å². The second-order valence-electron chi connectivity index (χ2n) is 12.6. The Morgan fingerprint density at radius 2 is 1.85 bits per heavy atom. The first-order valence-corrected chi connectivity index (χ1v) is 15.8. The molecule has 0 heterocycles. The predicted molar refractivity (Wildman–Crippen MR) is 165 cm³/mol. The van der Waals surface area contributed by atoms with Gasteiger partial charge in [-0.05, 0) is 78.3 Å². The molecule has 1 fully saturated rings. The average molecular weight is 557 g/mol. The van der Waals surface area contributed by atoms with Gasteiger partial charge in [-0.3, -0.25) is 9.59 Å². The van der Waals surface area contributed by atoms with Gasteiger partial charge in [-0.1, -0.05) is 89.0 Å². The Labute approximate surface area is 247 Å². The zero-order valence-corrected chi connectivity index (χ0v) is 25.5. The van der Waals surface area contributed by atoms with Gasteiger partial charge < -0.3 is 9.84 Å². The van der Waals surface area contributed by atoms with Crippen molar-refractivity contribution in [3.05, 3.63) is 58.7 Å². The molecular weight excluding hydrogens is 508 g/mol. The van der Waals surface area contributed by atoms with Crippen LogP contribution >= 0.6 is 0 Å². The lowest BCUT2D eigenvalue weighted by atomic mass is 9.78. The first-order valence-electron chi connectivity index (χ1n) is 15.8. The molecule has 0 spiro atoms. The molecule has 2 aromatic carbocycles. The highest BCUT2D eigenvalue weighted by molar-refractivity contribution is 6.00. The van der Waals surface area contributed by atoms with Crippen LogP contribution in [0.15, 0.2) is 36.4 Å². The van der Waals surface area contributed by atoms with Crippen molar-refractivity contribution < 1.29 is 19.4 Å². The first-order chi connectivity index (χ1) is 19.8. The van der Waals surface area contributed by atoms with Crippen molar-refractivity contribution in [2.75, 3.05) is 7.11 Å². The summed E-state index contributed by atoms with van der Waals surface area (Å²) in [6, 6.07) is 12.1. The summed E-state index contributed by atoms with van der Waals surface area (Å²) >= 11 is 0. The Morgan fingerprint density at radius 3 is 2.61 bits per heavy atom. The normalized spacial score (nSPS) is 23.3. The summed E-state index contributed by atoms with van der Waals surface area (Å²) in [5.41, 5.74) is 4.28. The molecule has 0 radical (unpaired) electrons. The average Bonchev–Trinajstić information content (AvgIpc) is 3.16. The highest BCUT2D eigenvalue weighted by Gasteiger charge is 2.34. The number of benzene rings is 2. The molecule has 1 N–H and O–H groups in total. The Morgan fingerprint density at radius 1 is 1.05 bits per heavy atom. The van der Waals surface area contributed by atoms with Crippen LogP contribution in [0.1, 0.15) is 113 Å². The van der Waals surface area contributed by atoms with Crippen LogP contribution in [0, 0.1) is 35.5 Å². The summed E-state index contributed by atoms with van der Waals surface area (Å²) in [6.45, 7) is 6.70. The molecule has 41 heavy (non-hydrogen) atoms. The number of phenols is 1. The molecule has 4 heteroatoms. The minimum absolute atomic E-state index is 0.00460. The van der Waals surface area contributed by atoms with Crippen molar-refractivity contribution in [2.45, 2.75) is 104 Å². The Hall–Kier alpha value is -3.06. The maximum absolute atomic E-state index is 13.7. The molecule has 2 aliphatic carbocycles. The molecule has 0 saturated heterocycles. The number of carbonyl (C=O) groups excluding carboxylic acids is 2. The van der Waals surface area contributed by atoms with Gasteiger partial charge in [0.05, 0.1) is 19.4 Å². The van der Waals surface area contributed by atoms with Crippen molar-refractivity contribution in [2.24, 2.45) is 23.7 Å². The number of ether oxygens (including phenoxy) is 1. The number of phenolic OH excluding ortho intramolecular Hbond substituents is 1. The zero-order valence-electron chi connectivity index (χ0n) is 25.5. The minimum Gasteiger partial charge on any atom is -0.504 e. The lowest BCUT2D eigenvalue weighted by molar-refractivity contribution is -0.130.